The van der Waals surface area contributed by atoms with Gasteiger partial charge in [-0.2, -0.15) is 0 Å². The summed E-state index contributed by atoms with van der Waals surface area (Å²) in [6.07, 6.45) is 2.03. The first kappa shape index (κ1) is 17.3. The van der Waals surface area contributed by atoms with Crippen LogP contribution in [0.2, 0.25) is 0 Å². The molecule has 118 valence electrons. The summed E-state index contributed by atoms with van der Waals surface area (Å²) >= 11 is 0. The van der Waals surface area contributed by atoms with Gasteiger partial charge in [-0.05, 0) is 25.0 Å². The summed E-state index contributed by atoms with van der Waals surface area (Å²) in [6.45, 7) is 3.04. The van der Waals surface area contributed by atoms with E-state index in [4.69, 9.17) is 9.47 Å². The van der Waals surface area contributed by atoms with Crippen molar-refractivity contribution in [3.8, 4) is 11.5 Å². The summed E-state index contributed by atoms with van der Waals surface area (Å²) in [5, 5.41) is 9.32. The van der Waals surface area contributed by atoms with Gasteiger partial charge in [0.05, 0.1) is 19.8 Å². The summed E-state index contributed by atoms with van der Waals surface area (Å²) in [4.78, 5) is 13.0. The Bertz CT molecular complexity index is 446. The monoisotopic (exact) mass is 295 g/mol. The molecule has 5 heteroatoms. The Labute approximate surface area is 126 Å². The Morgan fingerprint density at radius 3 is 2.62 bits per heavy atom. The van der Waals surface area contributed by atoms with Gasteiger partial charge in [-0.1, -0.05) is 6.92 Å². The maximum atomic E-state index is 11.5. The van der Waals surface area contributed by atoms with E-state index in [-0.39, 0.29) is 12.5 Å². The molecule has 1 amide bonds. The molecule has 5 nitrogen and oxygen atoms in total. The zero-order valence-corrected chi connectivity index (χ0v) is 13.1. The molecule has 0 aromatic heterocycles. The van der Waals surface area contributed by atoms with Gasteiger partial charge in [0, 0.05) is 32.1 Å². The molecule has 0 bridgehead atoms. The zero-order chi connectivity index (χ0) is 15.7. The molecule has 21 heavy (non-hydrogen) atoms. The number of amides is 1. The second kappa shape index (κ2) is 9.23. The van der Waals surface area contributed by atoms with Crippen molar-refractivity contribution in [2.45, 2.75) is 32.8 Å². The molecule has 0 aliphatic carbocycles. The quantitative estimate of drug-likeness (QED) is 0.710. The second-order valence-corrected chi connectivity index (χ2v) is 5.02. The van der Waals surface area contributed by atoms with Gasteiger partial charge in [-0.15, -0.1) is 0 Å². The Kier molecular flexibility index (Phi) is 7.61. The Morgan fingerprint density at radius 2 is 2.00 bits per heavy atom. The van der Waals surface area contributed by atoms with Crippen molar-refractivity contribution in [2.75, 3.05) is 27.3 Å². The smallest absolute Gasteiger partial charge is 0.222 e. The average molecular weight is 295 g/mol. The van der Waals surface area contributed by atoms with Crippen LogP contribution in [0.15, 0.2) is 18.2 Å². The third-order valence-electron chi connectivity index (χ3n) is 2.97. The number of ether oxygens (including phenoxy) is 2. The molecule has 1 N–H and O–H groups in total. The van der Waals surface area contributed by atoms with Crippen LogP contribution in [0.3, 0.4) is 0 Å². The van der Waals surface area contributed by atoms with E-state index in [2.05, 4.69) is 0 Å². The molecule has 0 spiro atoms. The van der Waals surface area contributed by atoms with Gasteiger partial charge in [0.25, 0.3) is 0 Å². The van der Waals surface area contributed by atoms with Crippen LogP contribution in [-0.2, 0) is 11.4 Å². The average Bonchev–Trinajstić information content (AvgIpc) is 2.49. The number of nitrogens with zero attached hydrogens (tertiary/aromatic N) is 1. The molecule has 1 rings (SSSR count). The number of aliphatic hydroxyl groups excluding tert-OH is 1. The minimum absolute atomic E-state index is 0.0833. The van der Waals surface area contributed by atoms with Crippen LogP contribution < -0.4 is 9.47 Å². The van der Waals surface area contributed by atoms with Crippen molar-refractivity contribution in [3.05, 3.63) is 23.8 Å². The SMILES string of the molecule is CCCOc1ccc(CO)c(OCCCC(=O)N(C)C)c1. The van der Waals surface area contributed by atoms with E-state index in [1.807, 2.05) is 13.0 Å². The van der Waals surface area contributed by atoms with Crippen molar-refractivity contribution in [1.82, 2.24) is 4.90 Å². The lowest BCUT2D eigenvalue weighted by atomic mass is 10.2. The van der Waals surface area contributed by atoms with E-state index >= 15 is 0 Å². The lowest BCUT2D eigenvalue weighted by Gasteiger charge is -2.13. The van der Waals surface area contributed by atoms with Gasteiger partial charge in [-0.3, -0.25) is 4.79 Å². The van der Waals surface area contributed by atoms with Crippen molar-refractivity contribution < 1.29 is 19.4 Å². The normalized spacial score (nSPS) is 10.3. The number of hydrogen-bond acceptors (Lipinski definition) is 4. The van der Waals surface area contributed by atoms with Crippen molar-refractivity contribution >= 4 is 5.91 Å². The van der Waals surface area contributed by atoms with Crippen molar-refractivity contribution in [2.24, 2.45) is 0 Å². The number of carbonyl (C=O) groups excluding carboxylic acids is 1. The van der Waals surface area contributed by atoms with E-state index in [9.17, 15) is 9.90 Å². The Balaban J connectivity index is 2.53. The fourth-order valence-electron chi connectivity index (χ4n) is 1.74. The zero-order valence-electron chi connectivity index (χ0n) is 13.1. The van der Waals surface area contributed by atoms with Crippen LogP contribution in [0.25, 0.3) is 0 Å². The highest BCUT2D eigenvalue weighted by molar-refractivity contribution is 5.75. The van der Waals surface area contributed by atoms with Crippen LogP contribution in [0.5, 0.6) is 11.5 Å². The summed E-state index contributed by atoms with van der Waals surface area (Å²) in [5.41, 5.74) is 0.720. The van der Waals surface area contributed by atoms with E-state index in [1.165, 1.54) is 0 Å². The van der Waals surface area contributed by atoms with Crippen LogP contribution in [-0.4, -0.2) is 43.2 Å². The number of benzene rings is 1. The molecule has 0 unspecified atom stereocenters. The first-order valence-corrected chi connectivity index (χ1v) is 7.28. The van der Waals surface area contributed by atoms with E-state index in [0.717, 1.165) is 17.7 Å². The summed E-state index contributed by atoms with van der Waals surface area (Å²) in [5.74, 6) is 1.43. The predicted molar refractivity (Wildman–Crippen MR) is 81.6 cm³/mol. The molecular weight excluding hydrogens is 270 g/mol. The van der Waals surface area contributed by atoms with Gasteiger partial charge in [0.2, 0.25) is 5.91 Å². The minimum atomic E-state index is -0.0833. The Morgan fingerprint density at radius 1 is 1.24 bits per heavy atom. The summed E-state index contributed by atoms with van der Waals surface area (Å²) in [6, 6.07) is 5.41. The third kappa shape index (κ3) is 6.04. The molecule has 1 aromatic rings. The lowest BCUT2D eigenvalue weighted by Crippen LogP contribution is -2.21. The number of hydrogen-bond donors (Lipinski definition) is 1. The predicted octanol–water partition coefficient (Wildman–Crippen LogP) is 2.21. The Hall–Kier alpha value is -1.75. The maximum Gasteiger partial charge on any atom is 0.222 e. The third-order valence-corrected chi connectivity index (χ3v) is 2.97. The van der Waals surface area contributed by atoms with Crippen LogP contribution in [0.1, 0.15) is 31.7 Å². The minimum Gasteiger partial charge on any atom is -0.493 e. The molecule has 0 aliphatic rings. The van der Waals surface area contributed by atoms with Crippen LogP contribution >= 0.6 is 0 Å². The van der Waals surface area contributed by atoms with Crippen LogP contribution in [0.4, 0.5) is 0 Å². The molecule has 0 aliphatic heterocycles. The highest BCUT2D eigenvalue weighted by atomic mass is 16.5. The lowest BCUT2D eigenvalue weighted by molar-refractivity contribution is -0.128. The van der Waals surface area contributed by atoms with Gasteiger partial charge in [0.1, 0.15) is 11.5 Å². The second-order valence-electron chi connectivity index (χ2n) is 5.02. The van der Waals surface area contributed by atoms with Crippen molar-refractivity contribution in [3.63, 3.8) is 0 Å². The molecule has 1 aromatic carbocycles. The summed E-state index contributed by atoms with van der Waals surface area (Å²) < 4.78 is 11.2. The van der Waals surface area contributed by atoms with E-state index in [0.29, 0.717) is 31.8 Å². The number of carbonyl (C=O) groups is 1. The number of aliphatic hydroxyl groups is 1. The van der Waals surface area contributed by atoms with Gasteiger partial charge < -0.3 is 19.5 Å². The fraction of sp³-hybridized carbons (Fsp3) is 0.562. The maximum absolute atomic E-state index is 11.5. The first-order valence-electron chi connectivity index (χ1n) is 7.28. The highest BCUT2D eigenvalue weighted by Gasteiger charge is 2.07. The standard InChI is InChI=1S/C16H25NO4/c1-4-9-20-14-8-7-13(12-18)15(11-14)21-10-5-6-16(19)17(2)3/h7-8,11,18H,4-6,9-10,12H2,1-3H3. The molecule has 0 radical (unpaired) electrons. The topological polar surface area (TPSA) is 59.0 Å². The van der Waals surface area contributed by atoms with Gasteiger partial charge in [-0.25, -0.2) is 0 Å². The molecule has 0 saturated heterocycles. The molecule has 0 heterocycles. The molecule has 0 saturated carbocycles. The molecule has 0 atom stereocenters. The number of rotatable bonds is 9. The summed E-state index contributed by atoms with van der Waals surface area (Å²) in [7, 11) is 3.48. The molecule has 0 fully saturated rings. The fourth-order valence-corrected chi connectivity index (χ4v) is 1.74. The van der Waals surface area contributed by atoms with Gasteiger partial charge in [0.15, 0.2) is 0 Å². The largest absolute Gasteiger partial charge is 0.493 e. The van der Waals surface area contributed by atoms with Gasteiger partial charge >= 0.3 is 0 Å². The molecular formula is C16H25NO4. The highest BCUT2D eigenvalue weighted by Crippen LogP contribution is 2.25. The van der Waals surface area contributed by atoms with Crippen LogP contribution in [0, 0.1) is 0 Å². The first-order chi connectivity index (χ1) is 10.1. The van der Waals surface area contributed by atoms with E-state index < -0.39 is 0 Å². The van der Waals surface area contributed by atoms with Crippen molar-refractivity contribution in [1.29, 1.82) is 0 Å². The van der Waals surface area contributed by atoms with E-state index in [1.54, 1.807) is 31.1 Å².